The van der Waals surface area contributed by atoms with E-state index in [1.54, 1.807) is 19.1 Å². The zero-order valence-electron chi connectivity index (χ0n) is 10.1. The van der Waals surface area contributed by atoms with E-state index >= 15 is 0 Å². The van der Waals surface area contributed by atoms with Crippen molar-refractivity contribution in [1.29, 1.82) is 0 Å². The molecule has 0 heterocycles. The van der Waals surface area contributed by atoms with Gasteiger partial charge in [0, 0.05) is 0 Å². The van der Waals surface area contributed by atoms with Gasteiger partial charge in [0.1, 0.15) is 3.23 Å². The van der Waals surface area contributed by atoms with Gasteiger partial charge < -0.3 is 9.47 Å². The summed E-state index contributed by atoms with van der Waals surface area (Å²) < 4.78 is 8.74. The maximum Gasteiger partial charge on any atom is 0.339 e. The van der Waals surface area contributed by atoms with Crippen LogP contribution in [0, 0.1) is 0 Å². The van der Waals surface area contributed by atoms with Crippen molar-refractivity contribution in [1.82, 2.24) is 0 Å². The molecule has 0 aromatic heterocycles. The molecule has 1 aromatic rings. The summed E-state index contributed by atoms with van der Waals surface area (Å²) in [6.07, 6.45) is 0. The first-order valence-corrected chi connectivity index (χ1v) is 6.59. The number of rotatable bonds is 3. The highest BCUT2D eigenvalue weighted by Gasteiger charge is 2.30. The second kappa shape index (κ2) is 5.84. The molecule has 0 bridgehead atoms. The van der Waals surface area contributed by atoms with Gasteiger partial charge in [-0.05, 0) is 18.6 Å². The molecule has 0 fully saturated rings. The third kappa shape index (κ3) is 3.11. The third-order valence-corrected chi connectivity index (χ3v) is 3.19. The first-order chi connectivity index (χ1) is 8.32. The summed E-state index contributed by atoms with van der Waals surface area (Å²) in [4.78, 5) is 23.5. The van der Waals surface area contributed by atoms with Gasteiger partial charge in [-0.25, -0.2) is 9.59 Å². The van der Waals surface area contributed by atoms with Crippen molar-refractivity contribution < 1.29 is 19.1 Å². The SMILES string of the molecule is COC(=O)c1cccc(C(C)(Br)Br)c1C(=O)OC. The van der Waals surface area contributed by atoms with E-state index in [0.717, 1.165) is 0 Å². The lowest BCUT2D eigenvalue weighted by atomic mass is 9.99. The van der Waals surface area contributed by atoms with E-state index in [2.05, 4.69) is 36.6 Å². The molecule has 0 saturated heterocycles. The van der Waals surface area contributed by atoms with Crippen LogP contribution in [-0.4, -0.2) is 26.2 Å². The van der Waals surface area contributed by atoms with Gasteiger partial charge in [0.25, 0.3) is 0 Å². The molecule has 1 aromatic carbocycles. The second-order valence-corrected chi connectivity index (χ2v) is 7.84. The summed E-state index contributed by atoms with van der Waals surface area (Å²) in [5, 5.41) is 0. The monoisotopic (exact) mass is 378 g/mol. The Balaban J connectivity index is 3.55. The van der Waals surface area contributed by atoms with E-state index in [4.69, 9.17) is 4.74 Å². The van der Waals surface area contributed by atoms with Crippen LogP contribution in [0.4, 0.5) is 0 Å². The number of carbonyl (C=O) groups excluding carboxylic acids is 2. The van der Waals surface area contributed by atoms with Crippen molar-refractivity contribution in [3.8, 4) is 0 Å². The number of halogens is 2. The van der Waals surface area contributed by atoms with Crippen molar-refractivity contribution in [2.24, 2.45) is 0 Å². The normalized spacial score (nSPS) is 10.9. The Hall–Kier alpha value is -0.880. The molecule has 0 radical (unpaired) electrons. The average Bonchev–Trinajstić information content (AvgIpc) is 2.34. The minimum atomic E-state index is -0.645. The largest absolute Gasteiger partial charge is 0.465 e. The highest BCUT2D eigenvalue weighted by molar-refractivity contribution is 9.24. The molecular weight excluding hydrogens is 368 g/mol. The number of methoxy groups -OCH3 is 2. The Morgan fingerprint density at radius 2 is 1.67 bits per heavy atom. The minimum absolute atomic E-state index is 0.173. The standard InChI is InChI=1S/C12H12Br2O4/c1-12(13,14)8-6-4-5-7(10(15)17-2)9(8)11(16)18-3/h4-6H,1-3H3. The van der Waals surface area contributed by atoms with Gasteiger partial charge in [0.15, 0.2) is 0 Å². The summed E-state index contributed by atoms with van der Waals surface area (Å²) >= 11 is 6.79. The highest BCUT2D eigenvalue weighted by atomic mass is 79.9. The number of carbonyl (C=O) groups is 2. The Morgan fingerprint density at radius 1 is 1.11 bits per heavy atom. The number of hydrogen-bond acceptors (Lipinski definition) is 4. The predicted molar refractivity (Wildman–Crippen MR) is 74.3 cm³/mol. The van der Waals surface area contributed by atoms with Crippen LogP contribution in [-0.2, 0) is 12.7 Å². The highest BCUT2D eigenvalue weighted by Crippen LogP contribution is 2.40. The van der Waals surface area contributed by atoms with Crippen LogP contribution >= 0.6 is 31.9 Å². The van der Waals surface area contributed by atoms with Crippen LogP contribution in [0.2, 0.25) is 0 Å². The van der Waals surface area contributed by atoms with Gasteiger partial charge in [-0.2, -0.15) is 0 Å². The molecule has 0 aliphatic heterocycles. The summed E-state index contributed by atoms with van der Waals surface area (Å²) in [7, 11) is 2.53. The molecule has 0 aliphatic rings. The Morgan fingerprint density at radius 3 is 2.11 bits per heavy atom. The molecule has 0 N–H and O–H groups in total. The number of alkyl halides is 2. The van der Waals surface area contributed by atoms with E-state index < -0.39 is 15.2 Å². The first kappa shape index (κ1) is 15.2. The topological polar surface area (TPSA) is 52.6 Å². The van der Waals surface area contributed by atoms with E-state index in [9.17, 15) is 9.59 Å². The van der Waals surface area contributed by atoms with Crippen LogP contribution in [0.15, 0.2) is 18.2 Å². The Kier molecular flexibility index (Phi) is 4.92. The van der Waals surface area contributed by atoms with Crippen molar-refractivity contribution in [3.63, 3.8) is 0 Å². The van der Waals surface area contributed by atoms with E-state index in [0.29, 0.717) is 5.56 Å². The quantitative estimate of drug-likeness (QED) is 0.597. The molecule has 6 heteroatoms. The van der Waals surface area contributed by atoms with Crippen molar-refractivity contribution in [3.05, 3.63) is 34.9 Å². The fourth-order valence-electron chi connectivity index (χ4n) is 1.52. The molecule has 0 unspecified atom stereocenters. The van der Waals surface area contributed by atoms with Gasteiger partial charge in [0.05, 0.1) is 25.3 Å². The lowest BCUT2D eigenvalue weighted by Gasteiger charge is -2.19. The zero-order valence-corrected chi connectivity index (χ0v) is 13.3. The summed E-state index contributed by atoms with van der Waals surface area (Å²) in [5.41, 5.74) is 0.951. The molecule has 0 saturated carbocycles. The van der Waals surface area contributed by atoms with E-state index in [-0.39, 0.29) is 11.1 Å². The number of hydrogen-bond donors (Lipinski definition) is 0. The van der Waals surface area contributed by atoms with Gasteiger partial charge in [-0.3, -0.25) is 0 Å². The molecule has 0 atom stereocenters. The van der Waals surface area contributed by atoms with Crippen molar-refractivity contribution in [2.45, 2.75) is 10.2 Å². The fourth-order valence-corrected chi connectivity index (χ4v) is 2.18. The van der Waals surface area contributed by atoms with Crippen LogP contribution in [0.25, 0.3) is 0 Å². The van der Waals surface area contributed by atoms with Crippen LogP contribution in [0.1, 0.15) is 33.2 Å². The second-order valence-electron chi connectivity index (χ2n) is 3.60. The molecular formula is C12H12Br2O4. The summed E-state index contributed by atoms with van der Waals surface area (Å²) in [6, 6.07) is 4.92. The number of ether oxygens (including phenoxy) is 2. The van der Waals surface area contributed by atoms with Crippen LogP contribution in [0.5, 0.6) is 0 Å². The van der Waals surface area contributed by atoms with Gasteiger partial charge in [-0.15, -0.1) is 0 Å². The van der Waals surface area contributed by atoms with Crippen molar-refractivity contribution in [2.75, 3.05) is 14.2 Å². The fraction of sp³-hybridized carbons (Fsp3) is 0.333. The molecule has 0 amide bonds. The smallest absolute Gasteiger partial charge is 0.339 e. The van der Waals surface area contributed by atoms with Crippen LogP contribution < -0.4 is 0 Å². The van der Waals surface area contributed by atoms with Crippen molar-refractivity contribution >= 4 is 43.8 Å². The number of benzene rings is 1. The molecule has 98 valence electrons. The summed E-state index contributed by atoms with van der Waals surface area (Å²) in [5.74, 6) is -1.17. The number of esters is 2. The average molecular weight is 380 g/mol. The maximum atomic E-state index is 11.9. The Bertz CT molecular complexity index is 477. The zero-order chi connectivity index (χ0) is 13.9. The molecule has 0 aliphatic carbocycles. The Labute approximate surface area is 122 Å². The van der Waals surface area contributed by atoms with Gasteiger partial charge in [0.2, 0.25) is 0 Å². The lowest BCUT2D eigenvalue weighted by Crippen LogP contribution is -2.18. The first-order valence-electron chi connectivity index (χ1n) is 5.00. The predicted octanol–water partition coefficient (Wildman–Crippen LogP) is 3.22. The van der Waals surface area contributed by atoms with Crippen LogP contribution in [0.3, 0.4) is 0 Å². The lowest BCUT2D eigenvalue weighted by molar-refractivity contribution is 0.0554. The molecule has 4 nitrogen and oxygen atoms in total. The van der Waals surface area contributed by atoms with Gasteiger partial charge in [-0.1, -0.05) is 44.0 Å². The summed E-state index contributed by atoms with van der Waals surface area (Å²) in [6.45, 7) is 1.80. The maximum absolute atomic E-state index is 11.9. The minimum Gasteiger partial charge on any atom is -0.465 e. The van der Waals surface area contributed by atoms with E-state index in [1.165, 1.54) is 20.3 Å². The third-order valence-electron chi connectivity index (χ3n) is 2.33. The molecule has 1 rings (SSSR count). The molecule has 0 spiro atoms. The van der Waals surface area contributed by atoms with E-state index in [1.807, 2.05) is 0 Å². The van der Waals surface area contributed by atoms with Gasteiger partial charge >= 0.3 is 11.9 Å². The molecule has 18 heavy (non-hydrogen) atoms.